The van der Waals surface area contributed by atoms with E-state index in [-0.39, 0.29) is 12.5 Å². The highest BCUT2D eigenvalue weighted by molar-refractivity contribution is 5.94. The van der Waals surface area contributed by atoms with Crippen LogP contribution in [0.3, 0.4) is 0 Å². The zero-order chi connectivity index (χ0) is 15.3. The Morgan fingerprint density at radius 2 is 1.95 bits per heavy atom. The molecule has 0 unspecified atom stereocenters. The molecule has 0 aliphatic rings. The third-order valence-electron chi connectivity index (χ3n) is 2.85. The first-order chi connectivity index (χ1) is 10.3. The molecule has 0 saturated heterocycles. The molecule has 0 heterocycles. The van der Waals surface area contributed by atoms with Crippen LogP contribution in [0, 0.1) is 11.8 Å². The van der Waals surface area contributed by atoms with Gasteiger partial charge >= 0.3 is 0 Å². The molecule has 21 heavy (non-hydrogen) atoms. The number of carbonyl (C=O) groups excluding carboxylic acids is 1. The largest absolute Gasteiger partial charge is 0.384 e. The smallest absolute Gasteiger partial charge is 0.251 e. The van der Waals surface area contributed by atoms with Crippen molar-refractivity contribution in [1.82, 2.24) is 5.32 Å². The highest BCUT2D eigenvalue weighted by atomic mass is 16.5. The summed E-state index contributed by atoms with van der Waals surface area (Å²) >= 11 is 0. The highest BCUT2D eigenvalue weighted by Gasteiger charge is 2.03. The number of nitrogens with one attached hydrogen (secondary N) is 1. The van der Waals surface area contributed by atoms with Crippen molar-refractivity contribution in [3.63, 3.8) is 0 Å². The summed E-state index contributed by atoms with van der Waals surface area (Å²) in [7, 11) is 0. The molecule has 1 amide bonds. The van der Waals surface area contributed by atoms with Crippen LogP contribution < -0.4 is 5.32 Å². The summed E-state index contributed by atoms with van der Waals surface area (Å²) in [5.41, 5.74) is 1.39. The van der Waals surface area contributed by atoms with Crippen LogP contribution in [0.2, 0.25) is 0 Å². The normalized spacial score (nSPS) is 9.81. The molecule has 4 heteroatoms. The van der Waals surface area contributed by atoms with Crippen LogP contribution in [0.1, 0.15) is 42.1 Å². The van der Waals surface area contributed by atoms with E-state index in [2.05, 4.69) is 24.1 Å². The minimum absolute atomic E-state index is 0.0924. The van der Waals surface area contributed by atoms with E-state index in [0.717, 1.165) is 31.4 Å². The number of aliphatic hydroxyl groups excluding tert-OH is 1. The molecule has 1 aromatic rings. The second kappa shape index (κ2) is 10.9. The van der Waals surface area contributed by atoms with Gasteiger partial charge in [0.25, 0.3) is 5.91 Å². The summed E-state index contributed by atoms with van der Waals surface area (Å²) in [6, 6.07) is 7.00. The molecule has 1 aromatic carbocycles. The first kappa shape index (κ1) is 17.2. The Morgan fingerprint density at radius 1 is 1.24 bits per heavy atom. The fraction of sp³-hybridized carbons (Fsp3) is 0.471. The molecule has 114 valence electrons. The van der Waals surface area contributed by atoms with E-state index in [0.29, 0.717) is 18.7 Å². The minimum atomic E-state index is -0.164. The average molecular weight is 289 g/mol. The van der Waals surface area contributed by atoms with Crippen molar-refractivity contribution < 1.29 is 14.6 Å². The molecule has 1 rings (SSSR count). The lowest BCUT2D eigenvalue weighted by Crippen LogP contribution is -2.25. The lowest BCUT2D eigenvalue weighted by atomic mass is 10.1. The number of aliphatic hydroxyl groups is 1. The molecule has 0 aliphatic carbocycles. The van der Waals surface area contributed by atoms with Gasteiger partial charge in [0.1, 0.15) is 6.61 Å². The zero-order valence-corrected chi connectivity index (χ0v) is 12.5. The zero-order valence-electron chi connectivity index (χ0n) is 12.5. The number of rotatable bonds is 8. The van der Waals surface area contributed by atoms with Crippen molar-refractivity contribution in [2.24, 2.45) is 0 Å². The van der Waals surface area contributed by atoms with Crippen LogP contribution in [0.5, 0.6) is 0 Å². The second-order valence-corrected chi connectivity index (χ2v) is 4.61. The molecule has 0 saturated carbocycles. The third kappa shape index (κ3) is 7.50. The standard InChI is InChI=1S/C17H23NO3/c1-2-3-13-21-14-5-11-18-17(20)16-9-7-15(8-10-16)6-4-12-19/h7-10,19H,2-3,5,11-14H2,1H3,(H,18,20). The number of ether oxygens (including phenoxy) is 1. The number of hydrogen-bond acceptors (Lipinski definition) is 3. The quantitative estimate of drug-likeness (QED) is 0.568. The Balaban J connectivity index is 2.26. The van der Waals surface area contributed by atoms with Gasteiger partial charge in [0.2, 0.25) is 0 Å². The fourth-order valence-electron chi connectivity index (χ4n) is 1.67. The van der Waals surface area contributed by atoms with Gasteiger partial charge < -0.3 is 15.2 Å². The fourth-order valence-corrected chi connectivity index (χ4v) is 1.67. The van der Waals surface area contributed by atoms with Crippen LogP contribution in [0.4, 0.5) is 0 Å². The number of hydrogen-bond donors (Lipinski definition) is 2. The van der Waals surface area contributed by atoms with E-state index in [1.54, 1.807) is 24.3 Å². The van der Waals surface area contributed by atoms with Gasteiger partial charge in [0.05, 0.1) is 0 Å². The molecule has 0 spiro atoms. The topological polar surface area (TPSA) is 58.6 Å². The van der Waals surface area contributed by atoms with Gasteiger partial charge in [-0.3, -0.25) is 4.79 Å². The number of unbranched alkanes of at least 4 members (excludes halogenated alkanes) is 1. The highest BCUT2D eigenvalue weighted by Crippen LogP contribution is 2.03. The lowest BCUT2D eigenvalue weighted by Gasteiger charge is -2.06. The van der Waals surface area contributed by atoms with Crippen molar-refractivity contribution in [1.29, 1.82) is 0 Å². The maximum absolute atomic E-state index is 11.9. The van der Waals surface area contributed by atoms with Gasteiger partial charge in [0.15, 0.2) is 0 Å². The number of benzene rings is 1. The monoisotopic (exact) mass is 289 g/mol. The molecular weight excluding hydrogens is 266 g/mol. The van der Waals surface area contributed by atoms with E-state index in [4.69, 9.17) is 9.84 Å². The summed E-state index contributed by atoms with van der Waals surface area (Å²) in [6.07, 6.45) is 3.03. The SMILES string of the molecule is CCCCOCCCNC(=O)c1ccc(C#CCO)cc1. The predicted molar refractivity (Wildman–Crippen MR) is 83.1 cm³/mol. The Bertz CT molecular complexity index is 471. The van der Waals surface area contributed by atoms with Gasteiger partial charge in [-0.05, 0) is 37.1 Å². The van der Waals surface area contributed by atoms with Gasteiger partial charge in [-0.1, -0.05) is 25.2 Å². The average Bonchev–Trinajstić information content (AvgIpc) is 2.52. The summed E-state index contributed by atoms with van der Waals surface area (Å²) in [5, 5.41) is 11.5. The molecule has 0 fully saturated rings. The van der Waals surface area contributed by atoms with Crippen molar-refractivity contribution in [2.75, 3.05) is 26.4 Å². The maximum atomic E-state index is 11.9. The first-order valence-electron chi connectivity index (χ1n) is 7.33. The van der Waals surface area contributed by atoms with Crippen molar-refractivity contribution in [2.45, 2.75) is 26.2 Å². The number of carbonyl (C=O) groups is 1. The van der Waals surface area contributed by atoms with E-state index < -0.39 is 0 Å². The van der Waals surface area contributed by atoms with Crippen LogP contribution in [0.25, 0.3) is 0 Å². The third-order valence-corrected chi connectivity index (χ3v) is 2.85. The second-order valence-electron chi connectivity index (χ2n) is 4.61. The summed E-state index contributed by atoms with van der Waals surface area (Å²) in [4.78, 5) is 11.9. The Labute approximate surface area is 126 Å². The van der Waals surface area contributed by atoms with Crippen LogP contribution >= 0.6 is 0 Å². The molecule has 0 aliphatic heterocycles. The Hall–Kier alpha value is -1.83. The summed E-state index contributed by atoms with van der Waals surface area (Å²) in [5.74, 6) is 5.26. The predicted octanol–water partition coefficient (Wildman–Crippen LogP) is 1.97. The molecule has 2 N–H and O–H groups in total. The molecule has 0 radical (unpaired) electrons. The Morgan fingerprint density at radius 3 is 2.62 bits per heavy atom. The first-order valence-corrected chi connectivity index (χ1v) is 7.33. The summed E-state index contributed by atoms with van der Waals surface area (Å²) < 4.78 is 5.43. The Kier molecular flexibility index (Phi) is 8.94. The molecule has 0 aromatic heterocycles. The van der Waals surface area contributed by atoms with Gasteiger partial charge in [-0.2, -0.15) is 0 Å². The van der Waals surface area contributed by atoms with Crippen LogP contribution in [-0.2, 0) is 4.74 Å². The van der Waals surface area contributed by atoms with Gasteiger partial charge in [-0.25, -0.2) is 0 Å². The van der Waals surface area contributed by atoms with E-state index in [1.807, 2.05) is 0 Å². The van der Waals surface area contributed by atoms with E-state index >= 15 is 0 Å². The molecular formula is C17H23NO3. The van der Waals surface area contributed by atoms with Crippen molar-refractivity contribution >= 4 is 5.91 Å². The number of amides is 1. The van der Waals surface area contributed by atoms with Gasteiger partial charge in [0, 0.05) is 30.9 Å². The summed E-state index contributed by atoms with van der Waals surface area (Å²) in [6.45, 7) is 4.04. The maximum Gasteiger partial charge on any atom is 0.251 e. The minimum Gasteiger partial charge on any atom is -0.384 e. The van der Waals surface area contributed by atoms with E-state index in [9.17, 15) is 4.79 Å². The lowest BCUT2D eigenvalue weighted by molar-refractivity contribution is 0.0940. The van der Waals surface area contributed by atoms with Crippen LogP contribution in [0.15, 0.2) is 24.3 Å². The van der Waals surface area contributed by atoms with Crippen LogP contribution in [-0.4, -0.2) is 37.4 Å². The van der Waals surface area contributed by atoms with Crippen molar-refractivity contribution in [3.8, 4) is 11.8 Å². The van der Waals surface area contributed by atoms with Gasteiger partial charge in [-0.15, -0.1) is 0 Å². The molecule has 0 atom stereocenters. The molecule has 0 bridgehead atoms. The van der Waals surface area contributed by atoms with Crippen molar-refractivity contribution in [3.05, 3.63) is 35.4 Å². The molecule has 4 nitrogen and oxygen atoms in total. The van der Waals surface area contributed by atoms with E-state index in [1.165, 1.54) is 0 Å².